The second-order valence-electron chi connectivity index (χ2n) is 4.46. The quantitative estimate of drug-likeness (QED) is 0.776. The summed E-state index contributed by atoms with van der Waals surface area (Å²) >= 11 is 0. The Balaban J connectivity index is 2.19. The van der Waals surface area contributed by atoms with Crippen molar-refractivity contribution in [1.82, 2.24) is 0 Å². The zero-order chi connectivity index (χ0) is 14.4. The lowest BCUT2D eigenvalue weighted by molar-refractivity contribution is -0.181. The summed E-state index contributed by atoms with van der Waals surface area (Å²) < 4.78 is 16.2. The fraction of sp³-hybridized carbons (Fsp3) is 0.438. The molecule has 0 amide bonds. The molecular weight excluding hydrogens is 256 g/mol. The van der Waals surface area contributed by atoms with E-state index in [0.29, 0.717) is 19.6 Å². The molecule has 108 valence electrons. The van der Waals surface area contributed by atoms with Crippen LogP contribution in [0.5, 0.6) is 0 Å². The van der Waals surface area contributed by atoms with E-state index in [9.17, 15) is 4.79 Å². The highest BCUT2D eigenvalue weighted by atomic mass is 16.7. The van der Waals surface area contributed by atoms with Crippen molar-refractivity contribution in [2.24, 2.45) is 0 Å². The molecule has 0 N–H and O–H groups in total. The Kier molecular flexibility index (Phi) is 5.32. The lowest BCUT2D eigenvalue weighted by Gasteiger charge is -2.28. The van der Waals surface area contributed by atoms with Crippen LogP contribution < -0.4 is 0 Å². The molecule has 1 aliphatic rings. The van der Waals surface area contributed by atoms with E-state index in [0.717, 1.165) is 11.1 Å². The van der Waals surface area contributed by atoms with Crippen LogP contribution in [0.2, 0.25) is 0 Å². The van der Waals surface area contributed by atoms with Gasteiger partial charge in [-0.1, -0.05) is 30.3 Å². The lowest BCUT2D eigenvalue weighted by Crippen LogP contribution is -2.35. The third-order valence-corrected chi connectivity index (χ3v) is 3.07. The first-order valence-corrected chi connectivity index (χ1v) is 6.94. The Morgan fingerprint density at radius 2 is 2.00 bits per heavy atom. The van der Waals surface area contributed by atoms with Crippen LogP contribution >= 0.6 is 0 Å². The van der Waals surface area contributed by atoms with E-state index < -0.39 is 12.4 Å². The van der Waals surface area contributed by atoms with Crippen molar-refractivity contribution in [2.45, 2.75) is 32.7 Å². The summed E-state index contributed by atoms with van der Waals surface area (Å²) in [5.74, 6) is -0.335. The number of rotatable bonds is 5. The second kappa shape index (κ2) is 7.22. The molecule has 0 aromatic heterocycles. The number of ether oxygens (including phenoxy) is 3. The Morgan fingerprint density at radius 3 is 2.65 bits per heavy atom. The molecule has 0 aliphatic carbocycles. The van der Waals surface area contributed by atoms with E-state index in [1.807, 2.05) is 43.3 Å². The molecular formula is C16H20O4. The van der Waals surface area contributed by atoms with Crippen LogP contribution in [-0.2, 0) is 19.0 Å². The maximum absolute atomic E-state index is 11.9. The van der Waals surface area contributed by atoms with Crippen molar-refractivity contribution in [3.63, 3.8) is 0 Å². The average molecular weight is 276 g/mol. The van der Waals surface area contributed by atoms with Gasteiger partial charge in [0.05, 0.1) is 6.61 Å². The molecule has 0 bridgehead atoms. The summed E-state index contributed by atoms with van der Waals surface area (Å²) in [6.45, 7) is 4.56. The highest BCUT2D eigenvalue weighted by molar-refractivity contribution is 5.79. The third-order valence-electron chi connectivity index (χ3n) is 3.07. The SMILES string of the molecule is CCOC(=O)[C@@H]1CC(c2ccccc2)=C[C@@H](OCC)O1. The van der Waals surface area contributed by atoms with E-state index in [-0.39, 0.29) is 5.97 Å². The van der Waals surface area contributed by atoms with E-state index in [1.165, 1.54) is 0 Å². The summed E-state index contributed by atoms with van der Waals surface area (Å²) in [7, 11) is 0. The Labute approximate surface area is 119 Å². The topological polar surface area (TPSA) is 44.8 Å². The number of hydrogen-bond acceptors (Lipinski definition) is 4. The van der Waals surface area contributed by atoms with E-state index >= 15 is 0 Å². The Hall–Kier alpha value is -1.65. The molecule has 1 aromatic rings. The lowest BCUT2D eigenvalue weighted by atomic mass is 9.97. The summed E-state index contributed by atoms with van der Waals surface area (Å²) in [5.41, 5.74) is 2.13. The van der Waals surface area contributed by atoms with Gasteiger partial charge < -0.3 is 14.2 Å². The van der Waals surface area contributed by atoms with Gasteiger partial charge in [0.15, 0.2) is 12.4 Å². The molecule has 0 radical (unpaired) electrons. The van der Waals surface area contributed by atoms with Crippen molar-refractivity contribution in [1.29, 1.82) is 0 Å². The number of esters is 1. The van der Waals surface area contributed by atoms with Gasteiger partial charge in [0.2, 0.25) is 0 Å². The summed E-state index contributed by atoms with van der Waals surface area (Å²) in [5, 5.41) is 0. The number of carbonyl (C=O) groups excluding carboxylic acids is 1. The van der Waals surface area contributed by atoms with Crippen LogP contribution in [0.1, 0.15) is 25.8 Å². The van der Waals surface area contributed by atoms with Gasteiger partial charge in [-0.25, -0.2) is 4.79 Å². The van der Waals surface area contributed by atoms with Crippen molar-refractivity contribution < 1.29 is 19.0 Å². The van der Waals surface area contributed by atoms with Gasteiger partial charge in [-0.3, -0.25) is 0 Å². The highest BCUT2D eigenvalue weighted by Gasteiger charge is 2.30. The molecule has 2 rings (SSSR count). The smallest absolute Gasteiger partial charge is 0.335 e. The van der Waals surface area contributed by atoms with Gasteiger partial charge in [0.25, 0.3) is 0 Å². The summed E-state index contributed by atoms with van der Waals surface area (Å²) in [6.07, 6.45) is 1.33. The maximum Gasteiger partial charge on any atom is 0.335 e. The van der Waals surface area contributed by atoms with Gasteiger partial charge in [-0.2, -0.15) is 0 Å². The minimum Gasteiger partial charge on any atom is -0.464 e. The normalized spacial score (nSPS) is 22.2. The van der Waals surface area contributed by atoms with Gasteiger partial charge >= 0.3 is 5.97 Å². The van der Waals surface area contributed by atoms with Crippen LogP contribution in [0.4, 0.5) is 0 Å². The second-order valence-corrected chi connectivity index (χ2v) is 4.46. The molecule has 2 atom stereocenters. The van der Waals surface area contributed by atoms with Crippen molar-refractivity contribution in [3.05, 3.63) is 42.0 Å². The minimum absolute atomic E-state index is 0.335. The van der Waals surface area contributed by atoms with Crippen molar-refractivity contribution >= 4 is 11.5 Å². The highest BCUT2D eigenvalue weighted by Crippen LogP contribution is 2.28. The van der Waals surface area contributed by atoms with E-state index in [1.54, 1.807) is 6.92 Å². The van der Waals surface area contributed by atoms with Crippen LogP contribution in [-0.4, -0.2) is 31.6 Å². The summed E-state index contributed by atoms with van der Waals surface area (Å²) in [6, 6.07) is 9.94. The predicted octanol–water partition coefficient (Wildman–Crippen LogP) is 2.78. The van der Waals surface area contributed by atoms with Crippen LogP contribution in [0.15, 0.2) is 36.4 Å². The first kappa shape index (κ1) is 14.8. The van der Waals surface area contributed by atoms with Gasteiger partial charge in [0, 0.05) is 13.0 Å². The number of benzene rings is 1. The van der Waals surface area contributed by atoms with Gasteiger partial charge in [-0.05, 0) is 31.1 Å². The molecule has 0 unspecified atom stereocenters. The zero-order valence-corrected chi connectivity index (χ0v) is 11.9. The Bertz CT molecular complexity index is 467. The molecule has 0 saturated carbocycles. The van der Waals surface area contributed by atoms with Crippen molar-refractivity contribution in [3.8, 4) is 0 Å². The molecule has 1 heterocycles. The molecule has 1 aliphatic heterocycles. The molecule has 4 heteroatoms. The zero-order valence-electron chi connectivity index (χ0n) is 11.9. The van der Waals surface area contributed by atoms with Crippen LogP contribution in [0.25, 0.3) is 5.57 Å². The van der Waals surface area contributed by atoms with Crippen LogP contribution in [0.3, 0.4) is 0 Å². The third kappa shape index (κ3) is 3.68. The molecule has 20 heavy (non-hydrogen) atoms. The average Bonchev–Trinajstić information content (AvgIpc) is 2.48. The fourth-order valence-corrected chi connectivity index (χ4v) is 2.17. The van der Waals surface area contributed by atoms with Crippen LogP contribution in [0, 0.1) is 0 Å². The fourth-order valence-electron chi connectivity index (χ4n) is 2.17. The standard InChI is InChI=1S/C16H20O4/c1-3-18-15-11-13(12-8-6-5-7-9-12)10-14(20-15)16(17)19-4-2/h5-9,11,14-15H,3-4,10H2,1-2H3/t14-,15-/m0/s1. The predicted molar refractivity (Wildman–Crippen MR) is 76.0 cm³/mol. The largest absolute Gasteiger partial charge is 0.464 e. The monoisotopic (exact) mass is 276 g/mol. The minimum atomic E-state index is -0.605. The van der Waals surface area contributed by atoms with E-state index in [4.69, 9.17) is 14.2 Å². The number of hydrogen-bond donors (Lipinski definition) is 0. The molecule has 1 aromatic carbocycles. The molecule has 4 nitrogen and oxygen atoms in total. The summed E-state index contributed by atoms with van der Waals surface area (Å²) in [4.78, 5) is 11.9. The van der Waals surface area contributed by atoms with E-state index in [2.05, 4.69) is 0 Å². The maximum atomic E-state index is 11.9. The number of carbonyl (C=O) groups is 1. The first-order chi connectivity index (χ1) is 9.74. The van der Waals surface area contributed by atoms with Gasteiger partial charge in [0.1, 0.15) is 0 Å². The molecule has 0 spiro atoms. The molecule has 0 fully saturated rings. The molecule has 0 saturated heterocycles. The Morgan fingerprint density at radius 1 is 1.25 bits per heavy atom. The van der Waals surface area contributed by atoms with Gasteiger partial charge in [-0.15, -0.1) is 0 Å². The first-order valence-electron chi connectivity index (χ1n) is 6.94. The van der Waals surface area contributed by atoms with Crippen molar-refractivity contribution in [2.75, 3.05) is 13.2 Å².